The van der Waals surface area contributed by atoms with Crippen LogP contribution in [0.3, 0.4) is 0 Å². The summed E-state index contributed by atoms with van der Waals surface area (Å²) in [6.07, 6.45) is 2.95. The third-order valence-electron chi connectivity index (χ3n) is 3.59. The van der Waals surface area contributed by atoms with Gasteiger partial charge in [0.25, 0.3) is 0 Å². The summed E-state index contributed by atoms with van der Waals surface area (Å²) >= 11 is 1.29. The molecule has 0 aliphatic carbocycles. The molecule has 1 aliphatic heterocycles. The molecule has 8 nitrogen and oxygen atoms in total. The van der Waals surface area contributed by atoms with Gasteiger partial charge >= 0.3 is 0 Å². The number of fused-ring (bicyclic) bond motifs is 2. The Morgan fingerprint density at radius 2 is 2.12 bits per heavy atom. The highest BCUT2D eigenvalue weighted by Crippen LogP contribution is 2.30. The van der Waals surface area contributed by atoms with Crippen molar-refractivity contribution in [1.82, 2.24) is 19.9 Å². The SMILES string of the molecule is O=C1CN(C(=O)CSc2ncnc3nc[nH]c23)c2ccccc2N1. The molecule has 0 bridgehead atoms. The van der Waals surface area contributed by atoms with E-state index in [-0.39, 0.29) is 24.1 Å². The van der Waals surface area contributed by atoms with E-state index in [2.05, 4.69) is 25.3 Å². The van der Waals surface area contributed by atoms with Gasteiger partial charge < -0.3 is 15.2 Å². The minimum Gasteiger partial charge on any atom is -0.341 e. The molecule has 3 aromatic rings. The number of anilines is 2. The number of amides is 2. The maximum atomic E-state index is 12.6. The van der Waals surface area contributed by atoms with E-state index in [9.17, 15) is 9.59 Å². The third kappa shape index (κ3) is 2.58. The first-order valence-corrected chi connectivity index (χ1v) is 8.17. The molecule has 24 heavy (non-hydrogen) atoms. The molecule has 0 radical (unpaired) electrons. The molecule has 3 heterocycles. The van der Waals surface area contributed by atoms with Gasteiger partial charge in [0.05, 0.1) is 23.5 Å². The number of rotatable bonds is 3. The van der Waals surface area contributed by atoms with Crippen LogP contribution in [0.2, 0.25) is 0 Å². The molecule has 2 N–H and O–H groups in total. The van der Waals surface area contributed by atoms with E-state index < -0.39 is 0 Å². The van der Waals surface area contributed by atoms with Crippen molar-refractivity contribution in [3.05, 3.63) is 36.9 Å². The number of benzene rings is 1. The second kappa shape index (κ2) is 5.93. The molecule has 2 aromatic heterocycles. The van der Waals surface area contributed by atoms with Crippen LogP contribution in [0.25, 0.3) is 11.2 Å². The van der Waals surface area contributed by atoms with Crippen LogP contribution in [-0.2, 0) is 9.59 Å². The number of H-pyrrole nitrogens is 1. The van der Waals surface area contributed by atoms with Crippen molar-refractivity contribution in [3.63, 3.8) is 0 Å². The fraction of sp³-hybridized carbons (Fsp3) is 0.133. The van der Waals surface area contributed by atoms with E-state index in [1.54, 1.807) is 6.07 Å². The summed E-state index contributed by atoms with van der Waals surface area (Å²) in [7, 11) is 0. The number of imidazole rings is 1. The molecule has 1 aliphatic rings. The maximum Gasteiger partial charge on any atom is 0.244 e. The van der Waals surface area contributed by atoms with E-state index in [0.29, 0.717) is 27.6 Å². The van der Waals surface area contributed by atoms with Crippen molar-refractivity contribution >= 4 is 46.1 Å². The van der Waals surface area contributed by atoms with E-state index in [0.717, 1.165) is 0 Å². The zero-order chi connectivity index (χ0) is 16.5. The first kappa shape index (κ1) is 14.6. The van der Waals surface area contributed by atoms with Crippen LogP contribution >= 0.6 is 11.8 Å². The highest BCUT2D eigenvalue weighted by Gasteiger charge is 2.26. The lowest BCUT2D eigenvalue weighted by Crippen LogP contribution is -2.43. The number of aromatic amines is 1. The fourth-order valence-corrected chi connectivity index (χ4v) is 3.35. The molecule has 1 aromatic carbocycles. The number of nitrogens with one attached hydrogen (secondary N) is 2. The first-order valence-electron chi connectivity index (χ1n) is 7.18. The van der Waals surface area contributed by atoms with Crippen molar-refractivity contribution < 1.29 is 9.59 Å². The van der Waals surface area contributed by atoms with Crippen molar-refractivity contribution in [3.8, 4) is 0 Å². The van der Waals surface area contributed by atoms with Gasteiger partial charge in [0.15, 0.2) is 5.65 Å². The van der Waals surface area contributed by atoms with Gasteiger partial charge in [-0.3, -0.25) is 9.59 Å². The number of thioether (sulfide) groups is 1. The predicted molar refractivity (Wildman–Crippen MR) is 89.8 cm³/mol. The summed E-state index contributed by atoms with van der Waals surface area (Å²) < 4.78 is 0. The van der Waals surface area contributed by atoms with Crippen molar-refractivity contribution in [2.75, 3.05) is 22.5 Å². The Labute approximate surface area is 140 Å². The Balaban J connectivity index is 1.55. The van der Waals surface area contributed by atoms with Gasteiger partial charge in [-0.25, -0.2) is 15.0 Å². The first-order chi connectivity index (χ1) is 11.7. The van der Waals surface area contributed by atoms with Crippen LogP contribution in [0, 0.1) is 0 Å². The molecular weight excluding hydrogens is 328 g/mol. The third-order valence-corrected chi connectivity index (χ3v) is 4.57. The summed E-state index contributed by atoms with van der Waals surface area (Å²) in [5, 5.41) is 3.42. The number of para-hydroxylation sites is 2. The van der Waals surface area contributed by atoms with Crippen LogP contribution < -0.4 is 10.2 Å². The van der Waals surface area contributed by atoms with E-state index in [4.69, 9.17) is 0 Å². The number of carbonyl (C=O) groups excluding carboxylic acids is 2. The van der Waals surface area contributed by atoms with Crippen LogP contribution in [0.4, 0.5) is 11.4 Å². The molecule has 0 atom stereocenters. The number of carbonyl (C=O) groups is 2. The van der Waals surface area contributed by atoms with Crippen molar-refractivity contribution in [2.24, 2.45) is 0 Å². The summed E-state index contributed by atoms with van der Waals surface area (Å²) in [6.45, 7) is 0.0135. The Hall–Kier alpha value is -2.94. The second-order valence-electron chi connectivity index (χ2n) is 5.11. The van der Waals surface area contributed by atoms with Gasteiger partial charge in [0.2, 0.25) is 11.8 Å². The van der Waals surface area contributed by atoms with Gasteiger partial charge in [-0.05, 0) is 12.1 Å². The van der Waals surface area contributed by atoms with E-state index >= 15 is 0 Å². The van der Waals surface area contributed by atoms with Gasteiger partial charge in [0.1, 0.15) is 23.4 Å². The Morgan fingerprint density at radius 3 is 3.04 bits per heavy atom. The topological polar surface area (TPSA) is 104 Å². The molecule has 0 fully saturated rings. The fourth-order valence-electron chi connectivity index (χ4n) is 2.52. The van der Waals surface area contributed by atoms with E-state index in [1.165, 1.54) is 29.3 Å². The molecule has 0 saturated heterocycles. The molecule has 0 spiro atoms. The summed E-state index contributed by atoms with van der Waals surface area (Å²) in [5.41, 5.74) is 2.61. The lowest BCUT2D eigenvalue weighted by Gasteiger charge is -2.29. The average Bonchev–Trinajstić information content (AvgIpc) is 3.08. The minimum atomic E-state index is -0.204. The zero-order valence-corrected chi connectivity index (χ0v) is 13.2. The van der Waals surface area contributed by atoms with Gasteiger partial charge in [-0.2, -0.15) is 0 Å². The molecule has 0 unspecified atom stereocenters. The Morgan fingerprint density at radius 1 is 1.25 bits per heavy atom. The molecule has 2 amide bonds. The second-order valence-corrected chi connectivity index (χ2v) is 6.08. The normalized spacial score (nSPS) is 13.7. The quantitative estimate of drug-likeness (QED) is 0.552. The largest absolute Gasteiger partial charge is 0.341 e. The number of aromatic nitrogens is 4. The van der Waals surface area contributed by atoms with Crippen molar-refractivity contribution in [1.29, 1.82) is 0 Å². The number of hydrogen-bond donors (Lipinski definition) is 2. The standard InChI is InChI=1S/C15H12N6O2S/c22-11-5-21(10-4-2-1-3-9(10)20-11)12(23)6-24-15-13-14(17-7-16-13)18-8-19-15/h1-4,7-8H,5-6H2,(H,20,22)(H,16,17,18,19). The molecular formula is C15H12N6O2S. The summed E-state index contributed by atoms with van der Waals surface area (Å²) in [6, 6.07) is 7.24. The monoisotopic (exact) mass is 340 g/mol. The van der Waals surface area contributed by atoms with Crippen molar-refractivity contribution in [2.45, 2.75) is 5.03 Å². The molecule has 0 saturated carbocycles. The van der Waals surface area contributed by atoms with Crippen LogP contribution in [0.5, 0.6) is 0 Å². The van der Waals surface area contributed by atoms with Crippen LogP contribution in [0.1, 0.15) is 0 Å². The van der Waals surface area contributed by atoms with Gasteiger partial charge in [-0.15, -0.1) is 0 Å². The molecule has 4 rings (SSSR count). The van der Waals surface area contributed by atoms with E-state index in [1.807, 2.05) is 18.2 Å². The summed E-state index contributed by atoms with van der Waals surface area (Å²) in [4.78, 5) is 41.2. The van der Waals surface area contributed by atoms with Crippen LogP contribution in [-0.4, -0.2) is 44.0 Å². The Kier molecular flexibility index (Phi) is 3.62. The Bertz CT molecular complexity index is 940. The maximum absolute atomic E-state index is 12.6. The average molecular weight is 340 g/mol. The summed E-state index contributed by atoms with van der Waals surface area (Å²) in [5.74, 6) is -0.203. The number of nitrogens with zero attached hydrogens (tertiary/aromatic N) is 4. The lowest BCUT2D eigenvalue weighted by molar-refractivity contribution is -0.120. The minimum absolute atomic E-state index is 0.0135. The zero-order valence-electron chi connectivity index (χ0n) is 12.4. The van der Waals surface area contributed by atoms with Crippen LogP contribution in [0.15, 0.2) is 41.9 Å². The predicted octanol–water partition coefficient (Wildman–Crippen LogP) is 1.43. The molecule has 120 valence electrons. The highest BCUT2D eigenvalue weighted by molar-refractivity contribution is 8.00. The molecule has 9 heteroatoms. The van der Waals surface area contributed by atoms with Gasteiger partial charge in [-0.1, -0.05) is 23.9 Å². The number of hydrogen-bond acceptors (Lipinski definition) is 6. The lowest BCUT2D eigenvalue weighted by atomic mass is 10.2. The van der Waals surface area contributed by atoms with Gasteiger partial charge in [0, 0.05) is 0 Å². The smallest absolute Gasteiger partial charge is 0.244 e. The highest BCUT2D eigenvalue weighted by atomic mass is 32.2.